The fraction of sp³-hybridized carbons (Fsp3) is 0.375. The van der Waals surface area contributed by atoms with Crippen LogP contribution in [-0.2, 0) is 0 Å². The van der Waals surface area contributed by atoms with Crippen LogP contribution >= 0.6 is 0 Å². The third-order valence-electron chi connectivity index (χ3n) is 3.75. The van der Waals surface area contributed by atoms with E-state index in [-0.39, 0.29) is 18.5 Å². The van der Waals surface area contributed by atoms with Crippen LogP contribution in [0.5, 0.6) is 0 Å². The topological polar surface area (TPSA) is 79.2 Å². The zero-order valence-corrected chi connectivity index (χ0v) is 13.1. The van der Waals surface area contributed by atoms with Crippen LogP contribution in [0.2, 0.25) is 0 Å². The Morgan fingerprint density at radius 3 is 2.73 bits per heavy atom. The molecule has 3 N–H and O–H groups in total. The molecule has 0 aliphatic carbocycles. The van der Waals surface area contributed by atoms with Crippen LogP contribution < -0.4 is 10.6 Å². The fourth-order valence-electron chi connectivity index (χ4n) is 1.82. The molecule has 1 unspecified atom stereocenters. The first-order chi connectivity index (χ1) is 10.4. The van der Waals surface area contributed by atoms with E-state index < -0.39 is 5.60 Å². The molecule has 0 saturated carbocycles. The Balaban J connectivity index is 2.04. The van der Waals surface area contributed by atoms with Gasteiger partial charge in [0, 0.05) is 18.9 Å². The van der Waals surface area contributed by atoms with Crippen molar-refractivity contribution in [3.63, 3.8) is 0 Å². The number of benzene rings is 1. The SMILES string of the molecule is CC(C)C(C)(O)CNC(=O)Nc1ccccc1-n1cccn1. The number of aliphatic hydroxyl groups is 1. The number of hydrogen-bond acceptors (Lipinski definition) is 3. The number of aromatic nitrogens is 2. The van der Waals surface area contributed by atoms with Gasteiger partial charge in [-0.25, -0.2) is 9.48 Å². The number of hydrogen-bond donors (Lipinski definition) is 3. The van der Waals surface area contributed by atoms with Crippen LogP contribution in [0.1, 0.15) is 20.8 Å². The summed E-state index contributed by atoms with van der Waals surface area (Å²) in [6, 6.07) is 8.85. The molecule has 0 aliphatic heterocycles. The van der Waals surface area contributed by atoms with E-state index in [9.17, 15) is 9.90 Å². The summed E-state index contributed by atoms with van der Waals surface area (Å²) in [4.78, 5) is 12.0. The maximum atomic E-state index is 12.0. The number of para-hydroxylation sites is 2. The Labute approximate surface area is 130 Å². The standard InChI is InChI=1S/C16H22N4O2/c1-12(2)16(3,22)11-17-15(21)19-13-7-4-5-8-14(13)20-10-6-9-18-20/h4-10,12,22H,11H2,1-3H3,(H2,17,19,21). The smallest absolute Gasteiger partial charge is 0.319 e. The lowest BCUT2D eigenvalue weighted by Gasteiger charge is -2.27. The average molecular weight is 302 g/mol. The number of carbonyl (C=O) groups is 1. The normalized spacial score (nSPS) is 13.7. The van der Waals surface area contributed by atoms with Crippen molar-refractivity contribution >= 4 is 11.7 Å². The first-order valence-electron chi connectivity index (χ1n) is 7.26. The van der Waals surface area contributed by atoms with Crippen LogP contribution in [0.3, 0.4) is 0 Å². The third-order valence-corrected chi connectivity index (χ3v) is 3.75. The summed E-state index contributed by atoms with van der Waals surface area (Å²) in [5.74, 6) is 0.0455. The minimum absolute atomic E-state index is 0.0455. The zero-order chi connectivity index (χ0) is 16.2. The van der Waals surface area contributed by atoms with Crippen molar-refractivity contribution in [1.29, 1.82) is 0 Å². The van der Waals surface area contributed by atoms with E-state index in [1.807, 2.05) is 44.3 Å². The van der Waals surface area contributed by atoms with E-state index in [1.54, 1.807) is 23.9 Å². The minimum Gasteiger partial charge on any atom is -0.388 e. The number of nitrogens with one attached hydrogen (secondary N) is 2. The quantitative estimate of drug-likeness (QED) is 0.793. The monoisotopic (exact) mass is 302 g/mol. The van der Waals surface area contributed by atoms with Crippen LogP contribution in [-0.4, -0.2) is 33.1 Å². The minimum atomic E-state index is -0.946. The molecule has 1 aromatic heterocycles. The molecule has 6 heteroatoms. The number of carbonyl (C=O) groups excluding carboxylic acids is 1. The van der Waals surface area contributed by atoms with Crippen molar-refractivity contribution in [2.24, 2.45) is 5.92 Å². The van der Waals surface area contributed by atoms with Gasteiger partial charge in [-0.3, -0.25) is 0 Å². The summed E-state index contributed by atoms with van der Waals surface area (Å²) in [7, 11) is 0. The van der Waals surface area contributed by atoms with Gasteiger partial charge in [-0.05, 0) is 31.0 Å². The van der Waals surface area contributed by atoms with Gasteiger partial charge in [0.05, 0.1) is 17.0 Å². The molecule has 0 aliphatic rings. The van der Waals surface area contributed by atoms with E-state index >= 15 is 0 Å². The Hall–Kier alpha value is -2.34. The Morgan fingerprint density at radius 1 is 1.36 bits per heavy atom. The molecule has 22 heavy (non-hydrogen) atoms. The Bertz CT molecular complexity index is 621. The summed E-state index contributed by atoms with van der Waals surface area (Å²) in [6.07, 6.45) is 3.48. The van der Waals surface area contributed by atoms with Gasteiger partial charge in [-0.2, -0.15) is 5.10 Å². The lowest BCUT2D eigenvalue weighted by Crippen LogP contribution is -2.45. The summed E-state index contributed by atoms with van der Waals surface area (Å²) in [5, 5.41) is 19.8. The van der Waals surface area contributed by atoms with Crippen LogP contribution in [0, 0.1) is 5.92 Å². The van der Waals surface area contributed by atoms with Crippen molar-refractivity contribution < 1.29 is 9.90 Å². The van der Waals surface area contributed by atoms with Crippen molar-refractivity contribution in [2.45, 2.75) is 26.4 Å². The molecule has 0 bridgehead atoms. The molecule has 1 heterocycles. The van der Waals surface area contributed by atoms with Gasteiger partial charge in [0.2, 0.25) is 0 Å². The summed E-state index contributed by atoms with van der Waals surface area (Å²) in [5.41, 5.74) is 0.477. The first kappa shape index (κ1) is 16.0. The van der Waals surface area contributed by atoms with Gasteiger partial charge < -0.3 is 15.7 Å². The predicted molar refractivity (Wildman–Crippen MR) is 86.0 cm³/mol. The third kappa shape index (κ3) is 3.85. The second-order valence-corrected chi connectivity index (χ2v) is 5.79. The number of urea groups is 1. The summed E-state index contributed by atoms with van der Waals surface area (Å²) < 4.78 is 1.68. The Morgan fingerprint density at radius 2 is 2.09 bits per heavy atom. The molecular weight excluding hydrogens is 280 g/mol. The van der Waals surface area contributed by atoms with E-state index in [1.165, 1.54) is 0 Å². The highest BCUT2D eigenvalue weighted by Crippen LogP contribution is 2.19. The van der Waals surface area contributed by atoms with Gasteiger partial charge in [0.25, 0.3) is 0 Å². The van der Waals surface area contributed by atoms with Gasteiger partial charge in [0.15, 0.2) is 0 Å². The van der Waals surface area contributed by atoms with Gasteiger partial charge in [-0.1, -0.05) is 26.0 Å². The van der Waals surface area contributed by atoms with Crippen LogP contribution in [0.25, 0.3) is 5.69 Å². The molecule has 2 aromatic rings. The Kier molecular flexibility index (Phi) is 4.82. The van der Waals surface area contributed by atoms with Crippen LogP contribution in [0.4, 0.5) is 10.5 Å². The molecule has 0 radical (unpaired) electrons. The maximum absolute atomic E-state index is 12.0. The van der Waals surface area contributed by atoms with E-state index in [4.69, 9.17) is 0 Å². The molecule has 0 spiro atoms. The van der Waals surface area contributed by atoms with Crippen molar-refractivity contribution in [3.8, 4) is 5.69 Å². The van der Waals surface area contributed by atoms with Crippen LogP contribution in [0.15, 0.2) is 42.7 Å². The number of amides is 2. The first-order valence-corrected chi connectivity index (χ1v) is 7.26. The molecule has 1 aromatic carbocycles. The van der Waals surface area contributed by atoms with Gasteiger partial charge in [0.1, 0.15) is 0 Å². The maximum Gasteiger partial charge on any atom is 0.319 e. The second kappa shape index (κ2) is 6.62. The lowest BCUT2D eigenvalue weighted by atomic mass is 9.93. The highest BCUT2D eigenvalue weighted by atomic mass is 16.3. The average Bonchev–Trinajstić information content (AvgIpc) is 3.00. The van der Waals surface area contributed by atoms with E-state index in [0.29, 0.717) is 5.69 Å². The summed E-state index contributed by atoms with van der Waals surface area (Å²) >= 11 is 0. The fourth-order valence-corrected chi connectivity index (χ4v) is 1.82. The lowest BCUT2D eigenvalue weighted by molar-refractivity contribution is 0.0170. The highest BCUT2D eigenvalue weighted by molar-refractivity contribution is 5.91. The molecule has 2 rings (SSSR count). The highest BCUT2D eigenvalue weighted by Gasteiger charge is 2.25. The molecule has 118 valence electrons. The van der Waals surface area contributed by atoms with E-state index in [0.717, 1.165) is 5.69 Å². The molecule has 0 fully saturated rings. The zero-order valence-electron chi connectivity index (χ0n) is 13.1. The van der Waals surface area contributed by atoms with Crippen molar-refractivity contribution in [2.75, 3.05) is 11.9 Å². The number of rotatable bonds is 5. The molecule has 6 nitrogen and oxygen atoms in total. The summed E-state index contributed by atoms with van der Waals surface area (Å²) in [6.45, 7) is 5.70. The van der Waals surface area contributed by atoms with Gasteiger partial charge >= 0.3 is 6.03 Å². The van der Waals surface area contributed by atoms with Gasteiger partial charge in [-0.15, -0.1) is 0 Å². The molecule has 2 amide bonds. The molecule has 0 saturated heterocycles. The van der Waals surface area contributed by atoms with Crippen molar-refractivity contribution in [1.82, 2.24) is 15.1 Å². The second-order valence-electron chi connectivity index (χ2n) is 5.79. The molecule has 1 atom stereocenters. The molecular formula is C16H22N4O2. The largest absolute Gasteiger partial charge is 0.388 e. The number of anilines is 1. The van der Waals surface area contributed by atoms with Crippen molar-refractivity contribution in [3.05, 3.63) is 42.7 Å². The van der Waals surface area contributed by atoms with E-state index in [2.05, 4.69) is 15.7 Å². The number of nitrogens with zero attached hydrogens (tertiary/aromatic N) is 2. The predicted octanol–water partition coefficient (Wildman–Crippen LogP) is 2.40.